The van der Waals surface area contributed by atoms with Gasteiger partial charge in [0.15, 0.2) is 5.11 Å². The number of nitrogens with zero attached hydrogens (tertiary/aromatic N) is 1. The monoisotopic (exact) mass is 411 g/mol. The molecule has 2 N–H and O–H groups in total. The van der Waals surface area contributed by atoms with Gasteiger partial charge in [-0.15, -0.1) is 0 Å². The van der Waals surface area contributed by atoms with Crippen LogP contribution in [0.5, 0.6) is 5.75 Å². The average molecular weight is 412 g/mol. The summed E-state index contributed by atoms with van der Waals surface area (Å²) in [6.45, 7) is 4.05. The Kier molecular flexibility index (Phi) is 7.19. The Labute approximate surface area is 176 Å². The number of likely N-dealkylation sites (tertiary alicyclic amines) is 1. The summed E-state index contributed by atoms with van der Waals surface area (Å²) in [5.74, 6) is 0.371. The van der Waals surface area contributed by atoms with E-state index in [-0.39, 0.29) is 16.9 Å². The van der Waals surface area contributed by atoms with Crippen LogP contribution in [-0.2, 0) is 0 Å². The molecule has 1 fully saturated rings. The van der Waals surface area contributed by atoms with Crippen LogP contribution in [0.1, 0.15) is 46.9 Å². The van der Waals surface area contributed by atoms with Crippen LogP contribution in [0.2, 0.25) is 0 Å². The summed E-state index contributed by atoms with van der Waals surface area (Å²) in [6, 6.07) is 14.0. The molecule has 1 saturated heterocycles. The average Bonchev–Trinajstić information content (AvgIpc) is 2.75. The van der Waals surface area contributed by atoms with Crippen molar-refractivity contribution >= 4 is 34.8 Å². The zero-order valence-corrected chi connectivity index (χ0v) is 17.3. The molecule has 1 aliphatic heterocycles. The molecule has 0 radical (unpaired) electrons. The molecule has 29 heavy (non-hydrogen) atoms. The second kappa shape index (κ2) is 10.0. The lowest BCUT2D eigenvalue weighted by Gasteiger charge is -2.26. The number of rotatable bonds is 5. The highest BCUT2D eigenvalue weighted by molar-refractivity contribution is 7.80. The lowest BCUT2D eigenvalue weighted by Crippen LogP contribution is -2.35. The highest BCUT2D eigenvalue weighted by Crippen LogP contribution is 2.16. The first kappa shape index (κ1) is 20.8. The molecule has 1 aliphatic rings. The van der Waals surface area contributed by atoms with Crippen LogP contribution < -0.4 is 15.4 Å². The van der Waals surface area contributed by atoms with E-state index < -0.39 is 0 Å². The second-order valence-corrected chi connectivity index (χ2v) is 7.21. The van der Waals surface area contributed by atoms with Crippen LogP contribution in [0.15, 0.2) is 48.5 Å². The van der Waals surface area contributed by atoms with Gasteiger partial charge >= 0.3 is 0 Å². The van der Waals surface area contributed by atoms with Crippen LogP contribution in [0.3, 0.4) is 0 Å². The van der Waals surface area contributed by atoms with E-state index in [2.05, 4.69) is 10.6 Å². The summed E-state index contributed by atoms with van der Waals surface area (Å²) in [7, 11) is 0. The highest BCUT2D eigenvalue weighted by atomic mass is 32.1. The topological polar surface area (TPSA) is 70.7 Å². The van der Waals surface area contributed by atoms with Gasteiger partial charge in [-0.3, -0.25) is 14.9 Å². The first-order chi connectivity index (χ1) is 14.1. The molecule has 6 nitrogen and oxygen atoms in total. The van der Waals surface area contributed by atoms with Crippen molar-refractivity contribution in [3.63, 3.8) is 0 Å². The maximum Gasteiger partial charge on any atom is 0.257 e. The summed E-state index contributed by atoms with van der Waals surface area (Å²) in [4.78, 5) is 26.8. The van der Waals surface area contributed by atoms with Gasteiger partial charge in [-0.25, -0.2) is 0 Å². The van der Waals surface area contributed by atoms with Crippen LogP contribution in [-0.4, -0.2) is 41.5 Å². The van der Waals surface area contributed by atoms with Crippen molar-refractivity contribution in [2.24, 2.45) is 0 Å². The fourth-order valence-corrected chi connectivity index (χ4v) is 3.42. The van der Waals surface area contributed by atoms with E-state index in [1.54, 1.807) is 48.5 Å². The van der Waals surface area contributed by atoms with Gasteiger partial charge < -0.3 is 15.0 Å². The molecule has 2 aromatic rings. The third kappa shape index (κ3) is 5.77. The van der Waals surface area contributed by atoms with Crippen LogP contribution >= 0.6 is 12.2 Å². The molecule has 0 aliphatic carbocycles. The van der Waals surface area contributed by atoms with E-state index in [0.29, 0.717) is 29.2 Å². The Morgan fingerprint density at radius 1 is 1.03 bits per heavy atom. The number of hydrogen-bond acceptors (Lipinski definition) is 4. The molecule has 2 aromatic carbocycles. The lowest BCUT2D eigenvalue weighted by atomic mass is 10.1. The van der Waals surface area contributed by atoms with Crippen LogP contribution in [0.4, 0.5) is 5.69 Å². The number of hydrogen-bond donors (Lipinski definition) is 2. The zero-order valence-electron chi connectivity index (χ0n) is 16.4. The number of ether oxygens (including phenoxy) is 1. The fourth-order valence-electron chi connectivity index (χ4n) is 3.21. The SMILES string of the molecule is CCOc1cccc(C(=O)NC(=S)Nc2ccc(C(=O)N3CCCCC3)cc2)c1. The second-order valence-electron chi connectivity index (χ2n) is 6.80. The number of carbonyl (C=O) groups excluding carboxylic acids is 2. The van der Waals surface area contributed by atoms with Crippen molar-refractivity contribution in [1.82, 2.24) is 10.2 Å². The molecule has 0 aromatic heterocycles. The number of piperidine rings is 1. The summed E-state index contributed by atoms with van der Waals surface area (Å²) in [6.07, 6.45) is 3.31. The van der Waals surface area contributed by atoms with E-state index in [4.69, 9.17) is 17.0 Å². The van der Waals surface area contributed by atoms with Crippen molar-refractivity contribution in [2.75, 3.05) is 25.0 Å². The van der Waals surface area contributed by atoms with Gasteiger partial charge in [-0.2, -0.15) is 0 Å². The molecule has 0 bridgehead atoms. The van der Waals surface area contributed by atoms with E-state index in [1.807, 2.05) is 11.8 Å². The number of benzene rings is 2. The van der Waals surface area contributed by atoms with Gasteiger partial charge in [0, 0.05) is 29.9 Å². The first-order valence-electron chi connectivity index (χ1n) is 9.81. The molecule has 0 atom stereocenters. The lowest BCUT2D eigenvalue weighted by molar-refractivity contribution is 0.0724. The summed E-state index contributed by atoms with van der Waals surface area (Å²) < 4.78 is 5.41. The molecule has 7 heteroatoms. The molecule has 0 spiro atoms. The Balaban J connectivity index is 1.55. The van der Waals surface area contributed by atoms with Gasteiger partial charge in [0.2, 0.25) is 0 Å². The minimum Gasteiger partial charge on any atom is -0.494 e. The Morgan fingerprint density at radius 2 is 1.76 bits per heavy atom. The van der Waals surface area contributed by atoms with Crippen LogP contribution in [0.25, 0.3) is 0 Å². The molecule has 0 unspecified atom stereocenters. The van der Waals surface area contributed by atoms with E-state index in [1.165, 1.54) is 6.42 Å². The number of thiocarbonyl (C=S) groups is 1. The minimum absolute atomic E-state index is 0.0568. The predicted molar refractivity (Wildman–Crippen MR) is 117 cm³/mol. The van der Waals surface area contributed by atoms with Crippen molar-refractivity contribution in [3.05, 3.63) is 59.7 Å². The Hall–Kier alpha value is -2.93. The summed E-state index contributed by atoms with van der Waals surface area (Å²) in [5.41, 5.74) is 1.82. The quantitative estimate of drug-likeness (QED) is 0.732. The normalized spacial score (nSPS) is 13.5. The molecule has 2 amide bonds. The van der Waals surface area contributed by atoms with Crippen molar-refractivity contribution in [1.29, 1.82) is 0 Å². The van der Waals surface area contributed by atoms with Gasteiger partial charge in [0.25, 0.3) is 11.8 Å². The molecule has 152 valence electrons. The van der Waals surface area contributed by atoms with E-state index in [0.717, 1.165) is 25.9 Å². The Morgan fingerprint density at radius 3 is 2.45 bits per heavy atom. The smallest absolute Gasteiger partial charge is 0.257 e. The number of carbonyl (C=O) groups is 2. The molecular formula is C22H25N3O3S. The molecule has 1 heterocycles. The van der Waals surface area contributed by atoms with Crippen molar-refractivity contribution in [2.45, 2.75) is 26.2 Å². The van der Waals surface area contributed by atoms with Gasteiger partial charge in [0.1, 0.15) is 5.75 Å². The minimum atomic E-state index is -0.319. The van der Waals surface area contributed by atoms with Crippen LogP contribution in [0, 0.1) is 0 Å². The van der Waals surface area contributed by atoms with Gasteiger partial charge in [-0.05, 0) is 80.9 Å². The number of anilines is 1. The van der Waals surface area contributed by atoms with E-state index >= 15 is 0 Å². The largest absolute Gasteiger partial charge is 0.494 e. The molecule has 3 rings (SSSR count). The fraction of sp³-hybridized carbons (Fsp3) is 0.318. The first-order valence-corrected chi connectivity index (χ1v) is 10.2. The Bertz CT molecular complexity index is 877. The molecular weight excluding hydrogens is 386 g/mol. The maximum absolute atomic E-state index is 12.5. The van der Waals surface area contributed by atoms with Gasteiger partial charge in [-0.1, -0.05) is 6.07 Å². The number of amides is 2. The standard InChI is InChI=1S/C22H25N3O3S/c1-2-28-19-8-6-7-17(15-19)20(26)24-22(29)23-18-11-9-16(10-12-18)21(27)25-13-4-3-5-14-25/h6-12,15H,2-5,13-14H2,1H3,(H2,23,24,26,29). The third-order valence-electron chi connectivity index (χ3n) is 4.67. The third-order valence-corrected chi connectivity index (χ3v) is 4.87. The predicted octanol–water partition coefficient (Wildman–Crippen LogP) is 3.84. The number of nitrogens with one attached hydrogen (secondary N) is 2. The van der Waals surface area contributed by atoms with Crippen molar-refractivity contribution in [3.8, 4) is 5.75 Å². The molecule has 0 saturated carbocycles. The maximum atomic E-state index is 12.5. The summed E-state index contributed by atoms with van der Waals surface area (Å²) in [5, 5.41) is 5.81. The van der Waals surface area contributed by atoms with E-state index in [9.17, 15) is 9.59 Å². The van der Waals surface area contributed by atoms with Crippen molar-refractivity contribution < 1.29 is 14.3 Å². The zero-order chi connectivity index (χ0) is 20.6. The van der Waals surface area contributed by atoms with Gasteiger partial charge in [0.05, 0.1) is 6.61 Å². The highest BCUT2D eigenvalue weighted by Gasteiger charge is 2.18. The summed E-state index contributed by atoms with van der Waals surface area (Å²) >= 11 is 5.23.